The van der Waals surface area contributed by atoms with Gasteiger partial charge in [0.05, 0.1) is 66.1 Å². The van der Waals surface area contributed by atoms with Gasteiger partial charge in [-0.3, -0.25) is 15.2 Å². The highest BCUT2D eigenvalue weighted by Crippen LogP contribution is 1.95. The molecule has 0 radical (unpaired) electrons. The number of hydrazine groups is 1. The normalized spacial score (nSPS) is 13.4. The van der Waals surface area contributed by atoms with Gasteiger partial charge in [-0.05, 0) is 59.3 Å². The van der Waals surface area contributed by atoms with Crippen LogP contribution in [0.5, 0.6) is 0 Å². The first-order valence-electron chi connectivity index (χ1n) is 15.1. The fourth-order valence-electron chi connectivity index (χ4n) is 3.86. The highest BCUT2D eigenvalue weighted by molar-refractivity contribution is 7.80. The van der Waals surface area contributed by atoms with Crippen molar-refractivity contribution in [3.63, 3.8) is 0 Å². The van der Waals surface area contributed by atoms with Gasteiger partial charge in [0, 0.05) is 59.5 Å². The van der Waals surface area contributed by atoms with Crippen LogP contribution in [0, 0.1) is 0 Å². The Morgan fingerprint density at radius 1 is 0.614 bits per heavy atom. The van der Waals surface area contributed by atoms with Crippen LogP contribution in [0.3, 0.4) is 0 Å². The number of thiocarbonyl (C=S) groups is 2. The maximum atomic E-state index is 12.9. The van der Waals surface area contributed by atoms with Crippen molar-refractivity contribution in [2.45, 2.75) is 38.9 Å². The SMILES string of the molecule is COCCOCCOCCN(C)C[C@@H](C)NC(=S)N[C@@H](C)C(=O)N(C)NC(=S)N[C@@H](C)CN(C)CCOCCOCCOC. The number of carbonyl (C=O) groups excluding carboxylic acids is 1. The summed E-state index contributed by atoms with van der Waals surface area (Å²) in [6.45, 7) is 14.6. The lowest BCUT2D eigenvalue weighted by atomic mass is 10.3. The standard InChI is InChI=1S/C28H59N7O7S2/c1-23(21-33(4)9-11-39-17-19-41-15-13-37-7)29-27(43)31-25(3)26(36)35(6)32-28(44)30-24(2)22-34(5)10-12-40-18-20-42-16-14-38-8/h23-25H,9-22H2,1-8H3,(H2,29,31,43)(H2,30,32,44)/t23-,24+,25+/m1/s1. The molecule has 44 heavy (non-hydrogen) atoms. The number of hydrogen-bond acceptors (Lipinski definition) is 11. The lowest BCUT2D eigenvalue weighted by Crippen LogP contribution is -2.57. The van der Waals surface area contributed by atoms with Gasteiger partial charge in [0.15, 0.2) is 10.2 Å². The minimum absolute atomic E-state index is 0.0551. The van der Waals surface area contributed by atoms with Gasteiger partial charge in [-0.1, -0.05) is 0 Å². The summed E-state index contributed by atoms with van der Waals surface area (Å²) in [7, 11) is 8.96. The van der Waals surface area contributed by atoms with E-state index in [-0.39, 0.29) is 18.0 Å². The van der Waals surface area contributed by atoms with Crippen molar-refractivity contribution in [3.8, 4) is 0 Å². The van der Waals surface area contributed by atoms with Crippen LogP contribution in [0.4, 0.5) is 0 Å². The van der Waals surface area contributed by atoms with Gasteiger partial charge in [0.25, 0.3) is 5.91 Å². The van der Waals surface area contributed by atoms with E-state index in [0.29, 0.717) is 76.3 Å². The topological polar surface area (TPSA) is 130 Å². The predicted octanol–water partition coefficient (Wildman–Crippen LogP) is -0.324. The summed E-state index contributed by atoms with van der Waals surface area (Å²) in [5.74, 6) is -0.209. The first-order valence-corrected chi connectivity index (χ1v) is 15.9. The van der Waals surface area contributed by atoms with Crippen molar-refractivity contribution in [2.24, 2.45) is 0 Å². The predicted molar refractivity (Wildman–Crippen MR) is 181 cm³/mol. The molecule has 0 heterocycles. The molecule has 0 aromatic heterocycles. The summed E-state index contributed by atoms with van der Waals surface area (Å²) in [5, 5.41) is 11.6. The molecule has 0 fully saturated rings. The number of rotatable bonds is 26. The number of likely N-dealkylation sites (N-methyl/N-ethyl adjacent to an activating group) is 3. The molecule has 0 unspecified atom stereocenters. The third kappa shape index (κ3) is 24.8. The summed E-state index contributed by atoms with van der Waals surface area (Å²) in [6.07, 6.45) is 0. The monoisotopic (exact) mass is 669 g/mol. The molecule has 0 aromatic carbocycles. The molecule has 16 heteroatoms. The first kappa shape index (κ1) is 42.5. The molecule has 3 atom stereocenters. The maximum Gasteiger partial charge on any atom is 0.262 e. The lowest BCUT2D eigenvalue weighted by Gasteiger charge is -2.28. The zero-order valence-corrected chi connectivity index (χ0v) is 29.8. The minimum Gasteiger partial charge on any atom is -0.382 e. The third-order valence-electron chi connectivity index (χ3n) is 6.09. The Balaban J connectivity index is 4.15. The second-order valence-corrected chi connectivity index (χ2v) is 11.4. The van der Waals surface area contributed by atoms with Crippen molar-refractivity contribution in [2.75, 3.05) is 128 Å². The molecule has 1 amide bonds. The Hall–Kier alpha value is -1.47. The van der Waals surface area contributed by atoms with E-state index in [2.05, 4.69) is 31.2 Å². The fourth-order valence-corrected chi connectivity index (χ4v) is 4.57. The zero-order chi connectivity index (χ0) is 33.2. The Labute approximate surface area is 276 Å². The summed E-state index contributed by atoms with van der Waals surface area (Å²) in [5.41, 5.74) is 2.93. The largest absolute Gasteiger partial charge is 0.382 e. The molecule has 0 spiro atoms. The Bertz CT molecular complexity index is 703. The molecular weight excluding hydrogens is 610 g/mol. The molecule has 4 N–H and O–H groups in total. The molecule has 0 bridgehead atoms. The van der Waals surface area contributed by atoms with E-state index in [9.17, 15) is 4.79 Å². The van der Waals surface area contributed by atoms with Gasteiger partial charge in [0.2, 0.25) is 0 Å². The van der Waals surface area contributed by atoms with Gasteiger partial charge in [-0.25, -0.2) is 0 Å². The number of nitrogens with one attached hydrogen (secondary N) is 4. The van der Waals surface area contributed by atoms with E-state index in [1.165, 1.54) is 5.01 Å². The van der Waals surface area contributed by atoms with Crippen molar-refractivity contribution < 1.29 is 33.2 Å². The van der Waals surface area contributed by atoms with E-state index in [1.54, 1.807) is 28.2 Å². The highest BCUT2D eigenvalue weighted by Gasteiger charge is 2.20. The molecule has 0 aromatic rings. The van der Waals surface area contributed by atoms with E-state index >= 15 is 0 Å². The van der Waals surface area contributed by atoms with Crippen molar-refractivity contribution in [1.29, 1.82) is 0 Å². The number of nitrogens with zero attached hydrogens (tertiary/aromatic N) is 3. The van der Waals surface area contributed by atoms with Crippen LogP contribution in [0.15, 0.2) is 0 Å². The van der Waals surface area contributed by atoms with E-state index < -0.39 is 6.04 Å². The quantitative estimate of drug-likeness (QED) is 0.0545. The minimum atomic E-state index is -0.561. The molecule has 14 nitrogen and oxygen atoms in total. The van der Waals surface area contributed by atoms with E-state index in [0.717, 1.165) is 26.2 Å². The van der Waals surface area contributed by atoms with Crippen LogP contribution in [0.2, 0.25) is 0 Å². The number of methoxy groups -OCH3 is 2. The van der Waals surface area contributed by atoms with Crippen LogP contribution < -0.4 is 21.4 Å². The third-order valence-corrected chi connectivity index (χ3v) is 6.53. The molecule has 0 aliphatic rings. The highest BCUT2D eigenvalue weighted by atomic mass is 32.1. The summed E-state index contributed by atoms with van der Waals surface area (Å²) in [6, 6.07) is -0.438. The van der Waals surface area contributed by atoms with Gasteiger partial charge >= 0.3 is 0 Å². The maximum absolute atomic E-state index is 12.9. The van der Waals surface area contributed by atoms with Crippen LogP contribution in [-0.4, -0.2) is 177 Å². The molecule has 0 saturated heterocycles. The average molecular weight is 670 g/mol. The van der Waals surface area contributed by atoms with Crippen LogP contribution >= 0.6 is 24.4 Å². The Morgan fingerprint density at radius 2 is 1.00 bits per heavy atom. The number of ether oxygens (including phenoxy) is 6. The molecule has 0 rings (SSSR count). The molecule has 0 aliphatic carbocycles. The molecule has 0 saturated carbocycles. The smallest absolute Gasteiger partial charge is 0.262 e. The van der Waals surface area contributed by atoms with Gasteiger partial charge in [0.1, 0.15) is 6.04 Å². The van der Waals surface area contributed by atoms with Crippen molar-refractivity contribution >= 4 is 40.6 Å². The number of amides is 1. The van der Waals surface area contributed by atoms with E-state index in [4.69, 9.17) is 52.9 Å². The summed E-state index contributed by atoms with van der Waals surface area (Å²) < 4.78 is 31.8. The average Bonchev–Trinajstić information content (AvgIpc) is 2.94. The van der Waals surface area contributed by atoms with Gasteiger partial charge in [-0.2, -0.15) is 0 Å². The van der Waals surface area contributed by atoms with Crippen LogP contribution in [-0.2, 0) is 33.2 Å². The molecule has 260 valence electrons. The Morgan fingerprint density at radius 3 is 1.43 bits per heavy atom. The van der Waals surface area contributed by atoms with E-state index in [1.807, 2.05) is 27.9 Å². The van der Waals surface area contributed by atoms with Gasteiger partial charge < -0.3 is 54.2 Å². The second kappa shape index (κ2) is 27.8. The first-order chi connectivity index (χ1) is 21.0. The second-order valence-electron chi connectivity index (χ2n) is 10.6. The summed E-state index contributed by atoms with van der Waals surface area (Å²) in [4.78, 5) is 17.2. The fraction of sp³-hybridized carbons (Fsp3) is 0.893. The summed E-state index contributed by atoms with van der Waals surface area (Å²) >= 11 is 10.9. The van der Waals surface area contributed by atoms with Crippen LogP contribution in [0.25, 0.3) is 0 Å². The number of carbonyl (C=O) groups is 1. The molecular formula is C28H59N7O7S2. The zero-order valence-electron chi connectivity index (χ0n) is 28.1. The van der Waals surface area contributed by atoms with Crippen molar-refractivity contribution in [1.82, 2.24) is 36.2 Å². The number of hydrogen-bond donors (Lipinski definition) is 4. The Kier molecular flexibility index (Phi) is 26.9. The molecule has 0 aliphatic heterocycles. The van der Waals surface area contributed by atoms with Crippen molar-refractivity contribution in [3.05, 3.63) is 0 Å². The van der Waals surface area contributed by atoms with Crippen LogP contribution in [0.1, 0.15) is 20.8 Å². The lowest BCUT2D eigenvalue weighted by molar-refractivity contribution is -0.133. The van der Waals surface area contributed by atoms with Gasteiger partial charge in [-0.15, -0.1) is 0 Å².